The molecule has 0 fully saturated rings. The quantitative estimate of drug-likeness (QED) is 0.295. The van der Waals surface area contributed by atoms with Crippen molar-refractivity contribution in [3.63, 3.8) is 0 Å². The third-order valence-electron chi connectivity index (χ3n) is 7.73. The van der Waals surface area contributed by atoms with E-state index in [2.05, 4.69) is 106 Å². The van der Waals surface area contributed by atoms with Gasteiger partial charge in [0.2, 0.25) is 0 Å². The highest BCUT2D eigenvalue weighted by Gasteiger charge is 2.46. The number of allylic oxidation sites excluding steroid dienone is 7. The molecule has 0 aliphatic heterocycles. The predicted molar refractivity (Wildman–Crippen MR) is 146 cm³/mol. The topological polar surface area (TPSA) is 0 Å². The van der Waals surface area contributed by atoms with Gasteiger partial charge < -0.3 is 0 Å². The van der Waals surface area contributed by atoms with Crippen LogP contribution >= 0.6 is 11.3 Å². The Hall–Kier alpha value is -3.16. The van der Waals surface area contributed by atoms with Crippen LogP contribution < -0.4 is 0 Å². The molecule has 1 heteroatoms. The Bertz CT molecular complexity index is 1540. The average molecular weight is 445 g/mol. The molecule has 3 aromatic carbocycles. The second-order valence-electron chi connectivity index (χ2n) is 9.45. The first kappa shape index (κ1) is 20.4. The second-order valence-corrected chi connectivity index (χ2v) is 10.5. The molecule has 0 radical (unpaired) electrons. The number of thiophene rings is 1. The van der Waals surface area contributed by atoms with Crippen molar-refractivity contribution in [2.45, 2.75) is 39.0 Å². The van der Waals surface area contributed by atoms with Crippen LogP contribution in [0.3, 0.4) is 0 Å². The Balaban J connectivity index is 1.75. The van der Waals surface area contributed by atoms with Gasteiger partial charge in [-0.25, -0.2) is 0 Å². The predicted octanol–water partition coefficient (Wildman–Crippen LogP) is 9.46. The van der Waals surface area contributed by atoms with E-state index in [-0.39, 0.29) is 5.41 Å². The minimum atomic E-state index is -0.188. The molecular formula is C32H28S. The van der Waals surface area contributed by atoms with Gasteiger partial charge in [-0.05, 0) is 67.0 Å². The summed E-state index contributed by atoms with van der Waals surface area (Å²) < 4.78 is 2.77. The summed E-state index contributed by atoms with van der Waals surface area (Å²) in [5, 5.41) is 2.71. The van der Waals surface area contributed by atoms with Crippen LogP contribution in [0.1, 0.15) is 55.9 Å². The van der Waals surface area contributed by atoms with E-state index in [9.17, 15) is 0 Å². The van der Waals surface area contributed by atoms with Gasteiger partial charge in [-0.15, -0.1) is 11.3 Å². The van der Waals surface area contributed by atoms with Gasteiger partial charge in [0, 0.05) is 20.2 Å². The number of hydrogen-bond donors (Lipinski definition) is 0. The van der Waals surface area contributed by atoms with Crippen LogP contribution in [0.5, 0.6) is 0 Å². The lowest BCUT2D eigenvalue weighted by atomic mass is 9.65. The average Bonchev–Trinajstić information content (AvgIpc) is 3.33. The molecule has 1 atom stereocenters. The molecule has 0 amide bonds. The maximum absolute atomic E-state index is 4.25. The van der Waals surface area contributed by atoms with Gasteiger partial charge in [-0.3, -0.25) is 0 Å². The SMILES string of the molecule is C=C(C)c1cccc2c1sc1c3c(ccc12)C(C1=CC=CCC1)(c1ccccc1)C(C)=C3C. The van der Waals surface area contributed by atoms with Gasteiger partial charge >= 0.3 is 0 Å². The van der Waals surface area contributed by atoms with Crippen LogP contribution in [0, 0.1) is 0 Å². The van der Waals surface area contributed by atoms with Gasteiger partial charge in [0.05, 0.1) is 5.41 Å². The van der Waals surface area contributed by atoms with Crippen molar-refractivity contribution in [1.29, 1.82) is 0 Å². The standard InChI is InChI=1S/C32H28S/c1-20(2)25-16-11-17-26-27-18-19-28-29(31(27)33-30(25)26)21(3)22(4)32(28,23-12-7-5-8-13-23)24-14-9-6-10-15-24/h5-9,11-14,16-19H,1,10,15H2,2-4H3. The first-order valence-electron chi connectivity index (χ1n) is 11.8. The molecule has 0 N–H and O–H groups in total. The summed E-state index contributed by atoms with van der Waals surface area (Å²) in [5.41, 5.74) is 10.9. The van der Waals surface area contributed by atoms with Crippen molar-refractivity contribution in [1.82, 2.24) is 0 Å². The number of rotatable bonds is 3. The highest BCUT2D eigenvalue weighted by molar-refractivity contribution is 7.26. The van der Waals surface area contributed by atoms with E-state index in [1.165, 1.54) is 59.1 Å². The van der Waals surface area contributed by atoms with E-state index in [0.29, 0.717) is 0 Å². The van der Waals surface area contributed by atoms with Crippen molar-refractivity contribution in [3.05, 3.63) is 119 Å². The molecule has 2 aliphatic rings. The number of fused-ring (bicyclic) bond motifs is 5. The molecule has 2 aliphatic carbocycles. The maximum atomic E-state index is 4.25. The minimum absolute atomic E-state index is 0.188. The Kier molecular flexibility index (Phi) is 4.61. The van der Waals surface area contributed by atoms with Crippen LogP contribution in [0.15, 0.2) is 96.6 Å². The first-order chi connectivity index (χ1) is 16.0. The zero-order chi connectivity index (χ0) is 22.7. The maximum Gasteiger partial charge on any atom is 0.0634 e. The summed E-state index contributed by atoms with van der Waals surface area (Å²) >= 11 is 1.94. The Morgan fingerprint density at radius 1 is 0.909 bits per heavy atom. The molecule has 0 saturated heterocycles. The van der Waals surface area contributed by atoms with Crippen molar-refractivity contribution in [2.24, 2.45) is 0 Å². The van der Waals surface area contributed by atoms with Crippen LogP contribution in [0.2, 0.25) is 0 Å². The molecule has 33 heavy (non-hydrogen) atoms. The fourth-order valence-electron chi connectivity index (χ4n) is 6.13. The Morgan fingerprint density at radius 2 is 1.70 bits per heavy atom. The first-order valence-corrected chi connectivity index (χ1v) is 12.6. The zero-order valence-electron chi connectivity index (χ0n) is 19.5. The molecule has 6 rings (SSSR count). The normalized spacial score (nSPS) is 19.9. The highest BCUT2D eigenvalue weighted by Crippen LogP contribution is 2.58. The summed E-state index contributed by atoms with van der Waals surface area (Å²) in [6.07, 6.45) is 9.12. The fraction of sp³-hybridized carbons (Fsp3) is 0.188. The van der Waals surface area contributed by atoms with Gasteiger partial charge in [0.15, 0.2) is 0 Å². The van der Waals surface area contributed by atoms with E-state index >= 15 is 0 Å². The molecule has 0 spiro atoms. The molecule has 0 nitrogen and oxygen atoms in total. The van der Waals surface area contributed by atoms with Crippen molar-refractivity contribution < 1.29 is 0 Å². The molecule has 0 saturated carbocycles. The molecule has 162 valence electrons. The minimum Gasteiger partial charge on any atom is -0.134 e. The Morgan fingerprint density at radius 3 is 2.42 bits per heavy atom. The van der Waals surface area contributed by atoms with Crippen molar-refractivity contribution in [2.75, 3.05) is 0 Å². The van der Waals surface area contributed by atoms with Gasteiger partial charge in [-0.2, -0.15) is 0 Å². The van der Waals surface area contributed by atoms with Crippen molar-refractivity contribution >= 4 is 42.7 Å². The third-order valence-corrected chi connectivity index (χ3v) is 9.01. The highest BCUT2D eigenvalue weighted by atomic mass is 32.1. The molecule has 0 bridgehead atoms. The van der Waals surface area contributed by atoms with E-state index in [1.807, 2.05) is 11.3 Å². The zero-order valence-corrected chi connectivity index (χ0v) is 20.4. The molecular weight excluding hydrogens is 416 g/mol. The summed E-state index contributed by atoms with van der Waals surface area (Å²) in [6.45, 7) is 11.1. The van der Waals surface area contributed by atoms with Gasteiger partial charge in [0.25, 0.3) is 0 Å². The lowest BCUT2D eigenvalue weighted by Gasteiger charge is -2.37. The van der Waals surface area contributed by atoms with Gasteiger partial charge in [-0.1, -0.05) is 96.6 Å². The molecule has 1 aromatic heterocycles. The summed E-state index contributed by atoms with van der Waals surface area (Å²) in [7, 11) is 0. The third kappa shape index (κ3) is 2.69. The van der Waals surface area contributed by atoms with Gasteiger partial charge in [0.1, 0.15) is 0 Å². The number of benzene rings is 3. The lowest BCUT2D eigenvalue weighted by molar-refractivity contribution is 0.675. The fourth-order valence-corrected chi connectivity index (χ4v) is 7.63. The monoisotopic (exact) mass is 444 g/mol. The summed E-state index contributed by atoms with van der Waals surface area (Å²) in [4.78, 5) is 0. The van der Waals surface area contributed by atoms with E-state index in [4.69, 9.17) is 0 Å². The van der Waals surface area contributed by atoms with E-state index in [0.717, 1.165) is 18.4 Å². The van der Waals surface area contributed by atoms with E-state index in [1.54, 1.807) is 0 Å². The van der Waals surface area contributed by atoms with Crippen LogP contribution in [-0.2, 0) is 5.41 Å². The largest absolute Gasteiger partial charge is 0.134 e. The molecule has 1 unspecified atom stereocenters. The van der Waals surface area contributed by atoms with Crippen molar-refractivity contribution in [3.8, 4) is 0 Å². The van der Waals surface area contributed by atoms with E-state index < -0.39 is 0 Å². The van der Waals surface area contributed by atoms with Crippen LogP contribution in [0.4, 0.5) is 0 Å². The number of hydrogen-bond acceptors (Lipinski definition) is 1. The Labute approximate surface area is 200 Å². The molecule has 1 heterocycles. The molecule has 4 aromatic rings. The summed E-state index contributed by atoms with van der Waals surface area (Å²) in [6, 6.07) is 22.6. The summed E-state index contributed by atoms with van der Waals surface area (Å²) in [5.74, 6) is 0. The smallest absolute Gasteiger partial charge is 0.0634 e. The second kappa shape index (κ2) is 7.43. The van der Waals surface area contributed by atoms with Crippen LogP contribution in [-0.4, -0.2) is 0 Å². The van der Waals surface area contributed by atoms with Crippen LogP contribution in [0.25, 0.3) is 31.3 Å². The lowest BCUT2D eigenvalue weighted by Crippen LogP contribution is -2.30.